The molecule has 0 fully saturated rings. The molecule has 8 heteroatoms. The predicted molar refractivity (Wildman–Crippen MR) is 394 cm³/mol. The van der Waals surface area contributed by atoms with E-state index in [1.165, 1.54) is 43.1 Å². The molecule has 0 bridgehead atoms. The van der Waals surface area contributed by atoms with Gasteiger partial charge in [0.15, 0.2) is 0 Å². The fourth-order valence-electron chi connectivity index (χ4n) is 16.3. The van der Waals surface area contributed by atoms with Crippen molar-refractivity contribution in [2.75, 3.05) is 0 Å². The number of benzene rings is 14. The summed E-state index contributed by atoms with van der Waals surface area (Å²) in [5.41, 5.74) is 21.7. The first-order valence-corrected chi connectivity index (χ1v) is 32.2. The number of aryl methyl sites for hydroxylation is 1. The largest absolute Gasteiger partial charge is 0.319 e. The molecule has 20 rings (SSSR count). The van der Waals surface area contributed by atoms with E-state index in [2.05, 4.69) is 326 Å². The number of para-hydroxylation sites is 8. The Labute approximate surface area is 544 Å². The normalized spacial score (nSPS) is 12.0. The first-order chi connectivity index (χ1) is 47.0. The third-order valence-electron chi connectivity index (χ3n) is 20.2. The van der Waals surface area contributed by atoms with Crippen LogP contribution in [0.2, 0.25) is 0 Å². The number of hydrogen-bond acceptors (Lipinski definition) is 1. The van der Waals surface area contributed by atoms with Crippen LogP contribution >= 0.6 is 0 Å². The molecular weight excluding hydrogens is 1160 g/mol. The van der Waals surface area contributed by atoms with Crippen LogP contribution < -0.4 is 0 Å². The number of aromatic nitrogens is 6. The van der Waals surface area contributed by atoms with E-state index in [0.29, 0.717) is 16.9 Å². The van der Waals surface area contributed by atoms with E-state index in [9.17, 15) is 11.8 Å². The van der Waals surface area contributed by atoms with Crippen molar-refractivity contribution >= 4 is 137 Å². The Morgan fingerprint density at radius 1 is 0.284 bits per heavy atom. The first kappa shape index (κ1) is 52.6. The smallest absolute Gasteiger partial charge is 0.234 e. The number of fused-ring (bicyclic) bond motifs is 18. The molecule has 0 saturated heterocycles. The Bertz CT molecular complexity index is 6280. The molecule has 8 nitrogen and oxygen atoms in total. The number of hydrogen-bond donors (Lipinski definition) is 0. The van der Waals surface area contributed by atoms with Crippen LogP contribution in [0.4, 0.5) is 5.69 Å². The third-order valence-corrected chi connectivity index (χ3v) is 20.2. The van der Waals surface area contributed by atoms with Gasteiger partial charge in [-0.15, -0.1) is 0 Å². The summed E-state index contributed by atoms with van der Waals surface area (Å²) >= 11 is 0. The molecule has 0 unspecified atom stereocenters. The minimum atomic E-state index is 0.447. The second-order valence-corrected chi connectivity index (χ2v) is 25.0. The number of nitrogens with zero attached hydrogens (tertiary/aromatic N) is 8. The molecule has 6 heterocycles. The van der Waals surface area contributed by atoms with Crippen molar-refractivity contribution in [2.24, 2.45) is 0 Å². The summed E-state index contributed by atoms with van der Waals surface area (Å²) in [5, 5.41) is 24.8. The topological polar surface area (TPSA) is 57.7 Å². The maximum absolute atomic E-state index is 11.2. The molecule has 20 aromatic rings. The highest BCUT2D eigenvalue weighted by atomic mass is 15.1. The molecule has 0 aliphatic heterocycles. The molecular formula is C87H52N8. The zero-order chi connectivity index (χ0) is 62.7. The van der Waals surface area contributed by atoms with Gasteiger partial charge >= 0.3 is 0 Å². The molecule has 0 radical (unpaired) electrons. The standard InChI is InChI=1S/C87H52N8/c1-53-20-19-21-54(52-88)85(53)67-42-47-84(94-80-43-38-55(90-72-30-11-3-22-59(72)60-23-4-12-31-73(60)90)48-68(80)69-49-56(39-44-81(69)94)91-74-32-13-5-24-61(74)62-25-6-14-33-75(62)91)86(89-2)87(67)95-82-45-40-57(92-76-34-15-7-26-63(76)64-27-8-16-35-77(64)92)50-70(82)71-51-58(41-46-83(71)95)93-78-36-17-9-28-65(78)66-29-10-18-37-79(66)93/h3-51H,1H3. The van der Waals surface area contributed by atoms with Gasteiger partial charge in [0, 0.05) is 92.9 Å². The molecule has 6 aromatic heterocycles. The van der Waals surface area contributed by atoms with Crippen LogP contribution in [0.5, 0.6) is 0 Å². The van der Waals surface area contributed by atoms with Gasteiger partial charge in [-0.1, -0.05) is 164 Å². The number of nitriles is 1. The van der Waals surface area contributed by atoms with E-state index in [-0.39, 0.29) is 0 Å². The quantitative estimate of drug-likeness (QED) is 0.147. The van der Waals surface area contributed by atoms with E-state index < -0.39 is 0 Å². The predicted octanol–water partition coefficient (Wildman–Crippen LogP) is 22.7. The van der Waals surface area contributed by atoms with Crippen molar-refractivity contribution in [1.82, 2.24) is 27.4 Å². The summed E-state index contributed by atoms with van der Waals surface area (Å²) in [6.07, 6.45) is 0. The van der Waals surface area contributed by atoms with Gasteiger partial charge in [0.1, 0.15) is 0 Å². The summed E-state index contributed by atoms with van der Waals surface area (Å²) < 4.78 is 14.2. The Morgan fingerprint density at radius 3 is 0.863 bits per heavy atom. The summed E-state index contributed by atoms with van der Waals surface area (Å²) in [6, 6.07) is 109. The summed E-state index contributed by atoms with van der Waals surface area (Å²) in [7, 11) is 0. The minimum Gasteiger partial charge on any atom is -0.319 e. The van der Waals surface area contributed by atoms with Gasteiger partial charge in [-0.25, -0.2) is 4.85 Å². The zero-order valence-electron chi connectivity index (χ0n) is 51.4. The third kappa shape index (κ3) is 7.33. The highest BCUT2D eigenvalue weighted by Gasteiger charge is 2.28. The van der Waals surface area contributed by atoms with Gasteiger partial charge in [-0.05, 0) is 152 Å². The average Bonchev–Trinajstić information content (AvgIpc) is 1.59. The molecule has 14 aromatic carbocycles. The molecule has 0 spiro atoms. The number of rotatable bonds is 7. The molecule has 0 aliphatic rings. The van der Waals surface area contributed by atoms with Crippen LogP contribution in [0, 0.1) is 24.8 Å². The van der Waals surface area contributed by atoms with Crippen molar-refractivity contribution in [2.45, 2.75) is 6.92 Å². The Kier molecular flexibility index (Phi) is 11.0. The molecule has 0 saturated carbocycles. The van der Waals surface area contributed by atoms with Gasteiger partial charge < -0.3 is 27.4 Å². The second-order valence-electron chi connectivity index (χ2n) is 25.0. The van der Waals surface area contributed by atoms with E-state index in [1.54, 1.807) is 0 Å². The lowest BCUT2D eigenvalue weighted by molar-refractivity contribution is 1.13. The van der Waals surface area contributed by atoms with Crippen molar-refractivity contribution in [1.29, 1.82) is 5.26 Å². The van der Waals surface area contributed by atoms with Crippen LogP contribution in [0.3, 0.4) is 0 Å². The highest BCUT2D eigenvalue weighted by Crippen LogP contribution is 2.49. The lowest BCUT2D eigenvalue weighted by Gasteiger charge is -2.22. The van der Waals surface area contributed by atoms with Gasteiger partial charge in [-0.2, -0.15) is 5.26 Å². The van der Waals surface area contributed by atoms with Crippen LogP contribution in [0.25, 0.3) is 181 Å². The fourth-order valence-corrected chi connectivity index (χ4v) is 16.3. The Morgan fingerprint density at radius 2 is 0.568 bits per heavy atom. The van der Waals surface area contributed by atoms with E-state index in [4.69, 9.17) is 4.85 Å². The van der Waals surface area contributed by atoms with Gasteiger partial charge in [0.05, 0.1) is 95.8 Å². The Balaban J connectivity index is 0.906. The maximum atomic E-state index is 11.2. The van der Waals surface area contributed by atoms with E-state index in [1.807, 2.05) is 12.1 Å². The van der Waals surface area contributed by atoms with Crippen molar-refractivity contribution in [3.05, 3.63) is 320 Å². The van der Waals surface area contributed by atoms with Crippen LogP contribution in [0.15, 0.2) is 297 Å². The van der Waals surface area contributed by atoms with Crippen molar-refractivity contribution in [3.8, 4) is 51.3 Å². The van der Waals surface area contributed by atoms with Crippen LogP contribution in [0.1, 0.15) is 11.1 Å². The molecule has 0 atom stereocenters. The average molecular weight is 1210 g/mol. The van der Waals surface area contributed by atoms with Crippen molar-refractivity contribution < 1.29 is 0 Å². The van der Waals surface area contributed by atoms with E-state index >= 15 is 0 Å². The SMILES string of the molecule is [C-]#[N+]c1c(-n2c3ccc(-n4c5ccccc5c5ccccc54)cc3c3cc(-n4c5ccccc5c5ccccc54)ccc32)ccc(-c2c(C)cccc2C#N)c1-n1c2ccc(-n3c4ccccc4c4ccccc43)cc2c2cc(-n3c4ccccc4c4ccccc43)ccc21. The molecule has 0 N–H and O–H groups in total. The summed E-state index contributed by atoms with van der Waals surface area (Å²) in [6.45, 7) is 11.9. The van der Waals surface area contributed by atoms with E-state index in [0.717, 1.165) is 133 Å². The highest BCUT2D eigenvalue weighted by molar-refractivity contribution is 6.18. The van der Waals surface area contributed by atoms with Crippen molar-refractivity contribution in [3.63, 3.8) is 0 Å². The summed E-state index contributed by atoms with van der Waals surface area (Å²) in [5.74, 6) is 0. The van der Waals surface area contributed by atoms with Gasteiger partial charge in [-0.3, -0.25) is 0 Å². The summed E-state index contributed by atoms with van der Waals surface area (Å²) in [4.78, 5) is 4.80. The molecule has 0 amide bonds. The lowest BCUT2D eigenvalue weighted by Crippen LogP contribution is -2.04. The molecule has 0 aliphatic carbocycles. The van der Waals surface area contributed by atoms with Crippen LogP contribution in [-0.2, 0) is 0 Å². The monoisotopic (exact) mass is 1210 g/mol. The van der Waals surface area contributed by atoms with Gasteiger partial charge in [0.25, 0.3) is 0 Å². The Hall–Kier alpha value is -13.1. The maximum Gasteiger partial charge on any atom is 0.234 e. The molecule has 440 valence electrons. The lowest BCUT2D eigenvalue weighted by atomic mass is 9.93. The fraction of sp³-hybridized carbons (Fsp3) is 0.0115. The minimum absolute atomic E-state index is 0.447. The van der Waals surface area contributed by atoms with Gasteiger partial charge in [0.2, 0.25) is 5.69 Å². The zero-order valence-corrected chi connectivity index (χ0v) is 51.4. The molecule has 95 heavy (non-hydrogen) atoms. The first-order valence-electron chi connectivity index (χ1n) is 32.2. The second kappa shape index (κ2) is 19.9. The van der Waals surface area contributed by atoms with Crippen LogP contribution in [-0.4, -0.2) is 27.4 Å².